The number of nitrogens with zero attached hydrogens (tertiary/aromatic N) is 3. The molecule has 25 heavy (non-hydrogen) atoms. The van der Waals surface area contributed by atoms with Crippen LogP contribution in [-0.4, -0.2) is 58.6 Å². The van der Waals surface area contributed by atoms with Gasteiger partial charge in [-0.25, -0.2) is 4.98 Å². The summed E-state index contributed by atoms with van der Waals surface area (Å²) in [5.74, 6) is -0.771. The van der Waals surface area contributed by atoms with Gasteiger partial charge in [-0.15, -0.1) is 0 Å². The number of pyridine rings is 1. The summed E-state index contributed by atoms with van der Waals surface area (Å²) in [6.45, 7) is 4.74. The maximum absolute atomic E-state index is 10.9. The number of para-hydroxylation sites is 1. The van der Waals surface area contributed by atoms with Gasteiger partial charge in [-0.3, -0.25) is 14.6 Å². The number of aromatic nitrogens is 1. The highest BCUT2D eigenvalue weighted by molar-refractivity contribution is 6.32. The number of likely N-dealkylation sites (N-methyl/N-ethyl adjacent to an activating group) is 1. The first kappa shape index (κ1) is 18.1. The van der Waals surface area contributed by atoms with Gasteiger partial charge in [0.25, 0.3) is 0 Å². The number of piperidine rings is 1. The number of hydrogen-bond donors (Lipinski definition) is 1. The number of halogens is 1. The first-order valence-corrected chi connectivity index (χ1v) is 9.01. The molecule has 1 aliphatic rings. The Morgan fingerprint density at radius 3 is 2.72 bits per heavy atom. The molecule has 1 N–H and O–H groups in total. The van der Waals surface area contributed by atoms with E-state index < -0.39 is 5.97 Å². The van der Waals surface area contributed by atoms with Crippen molar-refractivity contribution in [2.24, 2.45) is 0 Å². The van der Waals surface area contributed by atoms with E-state index in [1.165, 1.54) is 0 Å². The van der Waals surface area contributed by atoms with Gasteiger partial charge in [0.1, 0.15) is 0 Å². The molecule has 0 saturated carbocycles. The van der Waals surface area contributed by atoms with Gasteiger partial charge in [0.15, 0.2) is 0 Å². The van der Waals surface area contributed by atoms with Gasteiger partial charge in [0.05, 0.1) is 22.8 Å². The lowest BCUT2D eigenvalue weighted by molar-refractivity contribution is -0.138. The number of carboxylic acid groups (broad SMARTS) is 1. The van der Waals surface area contributed by atoms with Crippen LogP contribution in [0.3, 0.4) is 0 Å². The zero-order valence-electron chi connectivity index (χ0n) is 14.7. The molecular formula is C19H24ClN3O2. The van der Waals surface area contributed by atoms with Crippen molar-refractivity contribution in [3.05, 3.63) is 40.5 Å². The normalized spacial score (nSPS) is 16.6. The SMILES string of the molecule is Cc1c(Cl)c(CN2CCC(N(C)CC(=O)O)CC2)nc2ccccc12. The van der Waals surface area contributed by atoms with Crippen LogP contribution < -0.4 is 0 Å². The van der Waals surface area contributed by atoms with Crippen molar-refractivity contribution in [3.63, 3.8) is 0 Å². The van der Waals surface area contributed by atoms with Gasteiger partial charge in [0, 0.05) is 31.1 Å². The van der Waals surface area contributed by atoms with E-state index in [-0.39, 0.29) is 6.54 Å². The summed E-state index contributed by atoms with van der Waals surface area (Å²) in [6.07, 6.45) is 1.93. The second kappa shape index (κ2) is 7.68. The highest BCUT2D eigenvalue weighted by Gasteiger charge is 2.24. The number of carbonyl (C=O) groups is 1. The monoisotopic (exact) mass is 361 g/mol. The van der Waals surface area contributed by atoms with Crippen molar-refractivity contribution in [3.8, 4) is 0 Å². The number of rotatable bonds is 5. The Morgan fingerprint density at radius 1 is 1.36 bits per heavy atom. The molecule has 2 heterocycles. The van der Waals surface area contributed by atoms with Gasteiger partial charge in [-0.1, -0.05) is 29.8 Å². The summed E-state index contributed by atoms with van der Waals surface area (Å²) in [4.78, 5) is 19.9. The molecule has 3 rings (SSSR count). The Kier molecular flexibility index (Phi) is 5.57. The Labute approximate surface area is 153 Å². The zero-order valence-corrected chi connectivity index (χ0v) is 15.5. The fourth-order valence-electron chi connectivity index (χ4n) is 3.59. The molecule has 5 nitrogen and oxygen atoms in total. The molecule has 0 bridgehead atoms. The standard InChI is InChI=1S/C19H24ClN3O2/c1-13-15-5-3-4-6-16(15)21-17(19(13)20)11-23-9-7-14(8-10-23)22(2)12-18(24)25/h3-6,14H,7-12H2,1-2H3,(H,24,25). The highest BCUT2D eigenvalue weighted by atomic mass is 35.5. The third-order valence-electron chi connectivity index (χ3n) is 5.08. The number of aryl methyl sites for hydroxylation is 1. The Hall–Kier alpha value is -1.69. The summed E-state index contributed by atoms with van der Waals surface area (Å²) in [7, 11) is 1.89. The first-order chi connectivity index (χ1) is 12.0. The second-order valence-electron chi connectivity index (χ2n) is 6.83. The van der Waals surface area contributed by atoms with E-state index in [0.717, 1.165) is 59.7 Å². The first-order valence-electron chi connectivity index (χ1n) is 8.64. The zero-order chi connectivity index (χ0) is 18.0. The van der Waals surface area contributed by atoms with Crippen molar-refractivity contribution >= 4 is 28.5 Å². The summed E-state index contributed by atoms with van der Waals surface area (Å²) in [5, 5.41) is 10.8. The van der Waals surface area contributed by atoms with Gasteiger partial charge >= 0.3 is 5.97 Å². The average Bonchev–Trinajstić information content (AvgIpc) is 2.59. The summed E-state index contributed by atoms with van der Waals surface area (Å²) in [6, 6.07) is 8.41. The van der Waals surface area contributed by atoms with E-state index in [1.54, 1.807) is 0 Å². The van der Waals surface area contributed by atoms with Crippen molar-refractivity contribution in [2.45, 2.75) is 32.4 Å². The maximum atomic E-state index is 10.9. The molecule has 0 amide bonds. The van der Waals surface area contributed by atoms with Gasteiger partial charge in [0.2, 0.25) is 0 Å². The minimum atomic E-state index is -0.771. The lowest BCUT2D eigenvalue weighted by atomic mass is 10.0. The molecule has 1 fully saturated rings. The molecule has 0 spiro atoms. The van der Waals surface area contributed by atoms with Crippen molar-refractivity contribution in [1.29, 1.82) is 0 Å². The Bertz CT molecular complexity index is 773. The summed E-state index contributed by atoms with van der Waals surface area (Å²) >= 11 is 6.57. The summed E-state index contributed by atoms with van der Waals surface area (Å²) < 4.78 is 0. The summed E-state index contributed by atoms with van der Waals surface area (Å²) in [5.41, 5.74) is 2.99. The van der Waals surface area contributed by atoms with Crippen LogP contribution in [-0.2, 0) is 11.3 Å². The number of carboxylic acids is 1. The fourth-order valence-corrected chi connectivity index (χ4v) is 3.80. The maximum Gasteiger partial charge on any atom is 0.317 e. The van der Waals surface area contributed by atoms with E-state index in [9.17, 15) is 4.79 Å². The molecule has 6 heteroatoms. The van der Waals surface area contributed by atoms with E-state index in [1.807, 2.05) is 37.1 Å². The van der Waals surface area contributed by atoms with Crippen LogP contribution in [0.4, 0.5) is 0 Å². The molecule has 0 radical (unpaired) electrons. The van der Waals surface area contributed by atoms with E-state index in [4.69, 9.17) is 21.7 Å². The molecule has 0 unspecified atom stereocenters. The number of aliphatic carboxylic acids is 1. The predicted octanol–water partition coefficient (Wildman–Crippen LogP) is 3.18. The number of benzene rings is 1. The van der Waals surface area contributed by atoms with Crippen LogP contribution in [0, 0.1) is 6.92 Å². The van der Waals surface area contributed by atoms with Crippen LogP contribution in [0.2, 0.25) is 5.02 Å². The lowest BCUT2D eigenvalue weighted by Crippen LogP contribution is -2.44. The minimum absolute atomic E-state index is 0.0991. The molecule has 134 valence electrons. The third kappa shape index (κ3) is 4.11. The molecule has 1 aromatic heterocycles. The largest absolute Gasteiger partial charge is 0.480 e. The number of likely N-dealkylation sites (tertiary alicyclic amines) is 1. The van der Waals surface area contributed by atoms with Crippen LogP contribution in [0.1, 0.15) is 24.1 Å². The highest BCUT2D eigenvalue weighted by Crippen LogP contribution is 2.28. The van der Waals surface area contributed by atoms with Crippen molar-refractivity contribution < 1.29 is 9.90 Å². The van der Waals surface area contributed by atoms with Crippen molar-refractivity contribution in [1.82, 2.24) is 14.8 Å². The van der Waals surface area contributed by atoms with Gasteiger partial charge in [-0.05, 0) is 38.4 Å². The molecular weight excluding hydrogens is 338 g/mol. The number of hydrogen-bond acceptors (Lipinski definition) is 4. The quantitative estimate of drug-likeness (QED) is 0.886. The minimum Gasteiger partial charge on any atom is -0.480 e. The Morgan fingerprint density at radius 2 is 2.04 bits per heavy atom. The lowest BCUT2D eigenvalue weighted by Gasteiger charge is -2.36. The fraction of sp³-hybridized carbons (Fsp3) is 0.474. The molecule has 1 aliphatic heterocycles. The van der Waals surface area contributed by atoms with Crippen molar-refractivity contribution in [2.75, 3.05) is 26.7 Å². The van der Waals surface area contributed by atoms with Crippen LogP contribution in [0.15, 0.2) is 24.3 Å². The Balaban J connectivity index is 1.67. The predicted molar refractivity (Wildman–Crippen MR) is 100 cm³/mol. The third-order valence-corrected chi connectivity index (χ3v) is 5.59. The average molecular weight is 362 g/mol. The molecule has 0 aliphatic carbocycles. The van der Waals surface area contributed by atoms with E-state index in [0.29, 0.717) is 6.04 Å². The van der Waals surface area contributed by atoms with E-state index in [2.05, 4.69) is 11.0 Å². The topological polar surface area (TPSA) is 56.7 Å². The second-order valence-corrected chi connectivity index (χ2v) is 7.21. The molecule has 2 aromatic rings. The van der Waals surface area contributed by atoms with E-state index >= 15 is 0 Å². The molecule has 0 atom stereocenters. The van der Waals surface area contributed by atoms with Gasteiger partial charge in [-0.2, -0.15) is 0 Å². The molecule has 1 aromatic carbocycles. The van der Waals surface area contributed by atoms with Gasteiger partial charge < -0.3 is 5.11 Å². The molecule has 1 saturated heterocycles. The van der Waals surface area contributed by atoms with Crippen LogP contribution in [0.5, 0.6) is 0 Å². The smallest absolute Gasteiger partial charge is 0.317 e. The number of fused-ring (bicyclic) bond motifs is 1. The van der Waals surface area contributed by atoms with Crippen LogP contribution >= 0.6 is 11.6 Å². The van der Waals surface area contributed by atoms with Crippen LogP contribution in [0.25, 0.3) is 10.9 Å².